The van der Waals surface area contributed by atoms with Crippen molar-refractivity contribution < 1.29 is 8.42 Å². The van der Waals surface area contributed by atoms with Crippen molar-refractivity contribution in [2.45, 2.75) is 52.5 Å². The van der Waals surface area contributed by atoms with Crippen LogP contribution in [-0.2, 0) is 16.4 Å². The van der Waals surface area contributed by atoms with E-state index in [1.54, 1.807) is 11.4 Å². The Morgan fingerprint density at radius 3 is 2.32 bits per heavy atom. The zero-order valence-electron chi connectivity index (χ0n) is 17.5. The van der Waals surface area contributed by atoms with E-state index in [1.165, 1.54) is 16.7 Å². The Balaban J connectivity index is 0.00000392. The molecule has 0 radical (unpaired) electrons. The lowest BCUT2D eigenvalue weighted by Crippen LogP contribution is -2.50. The van der Waals surface area contributed by atoms with E-state index in [9.17, 15) is 8.42 Å². The average Bonchev–Trinajstić information content (AvgIpc) is 2.60. The van der Waals surface area contributed by atoms with Crippen molar-refractivity contribution >= 4 is 40.0 Å². The van der Waals surface area contributed by atoms with Crippen LogP contribution in [0.5, 0.6) is 0 Å². The molecule has 1 heterocycles. The number of rotatable bonds is 7. The van der Waals surface area contributed by atoms with E-state index in [4.69, 9.17) is 0 Å². The lowest BCUT2D eigenvalue weighted by Gasteiger charge is -2.32. The average molecular weight is 522 g/mol. The van der Waals surface area contributed by atoms with E-state index >= 15 is 0 Å². The molecule has 8 heteroatoms. The maximum Gasteiger partial charge on any atom is 0.214 e. The third-order valence-corrected chi connectivity index (χ3v) is 6.94. The quantitative estimate of drug-likeness (QED) is 0.328. The number of nitrogens with zero attached hydrogens (tertiary/aromatic N) is 2. The Morgan fingerprint density at radius 1 is 1.18 bits per heavy atom. The summed E-state index contributed by atoms with van der Waals surface area (Å²) in [7, 11) is -1.31. The SMILES string of the molecule is CCCS(=O)(=O)N1CCC(NC(=NC)NCCc2cc(C)cc(C)c2)CC1.I. The summed E-state index contributed by atoms with van der Waals surface area (Å²) in [5, 5.41) is 6.81. The van der Waals surface area contributed by atoms with Crippen LogP contribution in [0.3, 0.4) is 0 Å². The van der Waals surface area contributed by atoms with Gasteiger partial charge in [-0.25, -0.2) is 12.7 Å². The Morgan fingerprint density at radius 2 is 1.79 bits per heavy atom. The fraction of sp³-hybridized carbons (Fsp3) is 0.650. The number of piperidine rings is 1. The fourth-order valence-electron chi connectivity index (χ4n) is 3.59. The molecule has 0 spiro atoms. The van der Waals surface area contributed by atoms with Crippen LogP contribution < -0.4 is 10.6 Å². The van der Waals surface area contributed by atoms with Crippen molar-refractivity contribution in [2.24, 2.45) is 4.99 Å². The number of sulfonamides is 1. The van der Waals surface area contributed by atoms with Gasteiger partial charge in [-0.1, -0.05) is 36.2 Å². The number of hydrogen-bond acceptors (Lipinski definition) is 3. The molecule has 28 heavy (non-hydrogen) atoms. The van der Waals surface area contributed by atoms with Gasteiger partial charge in [-0.15, -0.1) is 24.0 Å². The van der Waals surface area contributed by atoms with Crippen LogP contribution >= 0.6 is 24.0 Å². The normalized spacial score (nSPS) is 16.5. The standard InChI is InChI=1S/C20H34N4O2S.HI/c1-5-12-27(25,26)24-10-7-19(8-11-24)23-20(21-4)22-9-6-18-14-16(2)13-17(3)15-18;/h13-15,19H,5-12H2,1-4H3,(H2,21,22,23);1H. The van der Waals surface area contributed by atoms with Gasteiger partial charge < -0.3 is 10.6 Å². The first kappa shape index (κ1) is 25.2. The number of guanidine groups is 1. The number of nitrogens with one attached hydrogen (secondary N) is 2. The van der Waals surface area contributed by atoms with Gasteiger partial charge in [-0.3, -0.25) is 4.99 Å². The Bertz CT molecular complexity index is 724. The van der Waals surface area contributed by atoms with E-state index in [-0.39, 0.29) is 35.8 Å². The number of hydrogen-bond donors (Lipinski definition) is 2. The van der Waals surface area contributed by atoms with Gasteiger partial charge in [0.05, 0.1) is 5.75 Å². The van der Waals surface area contributed by atoms with Crippen LogP contribution in [0.4, 0.5) is 0 Å². The van der Waals surface area contributed by atoms with Crippen LogP contribution in [0.1, 0.15) is 42.9 Å². The summed E-state index contributed by atoms with van der Waals surface area (Å²) < 4.78 is 26.0. The summed E-state index contributed by atoms with van der Waals surface area (Å²) in [6, 6.07) is 6.88. The molecule has 160 valence electrons. The van der Waals surface area contributed by atoms with Crippen molar-refractivity contribution in [2.75, 3.05) is 32.4 Å². The molecule has 0 aliphatic carbocycles. The lowest BCUT2D eigenvalue weighted by molar-refractivity contribution is 0.306. The molecule has 0 unspecified atom stereocenters. The van der Waals surface area contributed by atoms with Gasteiger partial charge >= 0.3 is 0 Å². The molecule has 0 atom stereocenters. The topological polar surface area (TPSA) is 73.8 Å². The predicted octanol–water partition coefficient (Wildman–Crippen LogP) is 2.83. The molecule has 1 aromatic carbocycles. The van der Waals surface area contributed by atoms with Crippen LogP contribution in [0.2, 0.25) is 0 Å². The lowest BCUT2D eigenvalue weighted by atomic mass is 10.1. The largest absolute Gasteiger partial charge is 0.356 e. The van der Waals surface area contributed by atoms with Gasteiger partial charge in [-0.05, 0) is 45.1 Å². The smallest absolute Gasteiger partial charge is 0.214 e. The van der Waals surface area contributed by atoms with Crippen LogP contribution in [0.15, 0.2) is 23.2 Å². The molecule has 1 aromatic rings. The monoisotopic (exact) mass is 522 g/mol. The van der Waals surface area contributed by atoms with Crippen LogP contribution in [-0.4, -0.2) is 57.2 Å². The minimum absolute atomic E-state index is 0. The molecular weight excluding hydrogens is 487 g/mol. The highest BCUT2D eigenvalue weighted by molar-refractivity contribution is 14.0. The van der Waals surface area contributed by atoms with Crippen molar-refractivity contribution in [3.05, 3.63) is 34.9 Å². The zero-order chi connectivity index (χ0) is 19.9. The van der Waals surface area contributed by atoms with E-state index < -0.39 is 10.0 Å². The summed E-state index contributed by atoms with van der Waals surface area (Å²) in [4.78, 5) is 4.31. The van der Waals surface area contributed by atoms with Gasteiger partial charge in [0, 0.05) is 32.7 Å². The van der Waals surface area contributed by atoms with Gasteiger partial charge in [0.15, 0.2) is 5.96 Å². The Labute approximate surface area is 187 Å². The Kier molecular flexibility index (Phi) is 10.8. The molecule has 1 saturated heterocycles. The number of halogens is 1. The van der Waals surface area contributed by atoms with Crippen molar-refractivity contribution in [1.29, 1.82) is 0 Å². The molecule has 1 aliphatic rings. The first-order valence-corrected chi connectivity index (χ1v) is 11.5. The number of aryl methyl sites for hydroxylation is 2. The van der Waals surface area contributed by atoms with Gasteiger partial charge in [-0.2, -0.15) is 0 Å². The van der Waals surface area contributed by atoms with Gasteiger partial charge in [0.2, 0.25) is 10.0 Å². The van der Waals surface area contributed by atoms with E-state index in [0.717, 1.165) is 31.8 Å². The van der Waals surface area contributed by atoms with E-state index in [0.29, 0.717) is 19.5 Å². The molecule has 1 fully saturated rings. The minimum Gasteiger partial charge on any atom is -0.356 e. The molecule has 0 saturated carbocycles. The number of aliphatic imine (C=N–C) groups is 1. The van der Waals surface area contributed by atoms with Crippen molar-refractivity contribution in [3.8, 4) is 0 Å². The van der Waals surface area contributed by atoms with Crippen molar-refractivity contribution in [1.82, 2.24) is 14.9 Å². The maximum absolute atomic E-state index is 12.2. The number of benzene rings is 1. The molecule has 0 amide bonds. The molecule has 0 bridgehead atoms. The maximum atomic E-state index is 12.2. The summed E-state index contributed by atoms with van der Waals surface area (Å²) >= 11 is 0. The van der Waals surface area contributed by atoms with Gasteiger partial charge in [0.1, 0.15) is 0 Å². The molecule has 1 aliphatic heterocycles. The highest BCUT2D eigenvalue weighted by Crippen LogP contribution is 2.15. The Hall–Kier alpha value is -0.870. The second-order valence-electron chi connectivity index (χ2n) is 7.38. The second-order valence-corrected chi connectivity index (χ2v) is 9.47. The first-order valence-electron chi connectivity index (χ1n) is 9.86. The molecule has 2 N–H and O–H groups in total. The third-order valence-electron chi connectivity index (χ3n) is 4.86. The summed E-state index contributed by atoms with van der Waals surface area (Å²) in [6.45, 7) is 8.12. The molecule has 0 aromatic heterocycles. The highest BCUT2D eigenvalue weighted by atomic mass is 127. The third kappa shape index (κ3) is 7.87. The molecular formula is C20H35IN4O2S. The molecule has 6 nitrogen and oxygen atoms in total. The van der Waals surface area contributed by atoms with E-state index in [2.05, 4.69) is 47.7 Å². The fourth-order valence-corrected chi connectivity index (χ4v) is 5.13. The second kappa shape index (κ2) is 12.0. The zero-order valence-corrected chi connectivity index (χ0v) is 20.6. The highest BCUT2D eigenvalue weighted by Gasteiger charge is 2.27. The summed E-state index contributed by atoms with van der Waals surface area (Å²) in [5.41, 5.74) is 3.90. The van der Waals surface area contributed by atoms with E-state index in [1.807, 2.05) is 6.92 Å². The van der Waals surface area contributed by atoms with Gasteiger partial charge in [0.25, 0.3) is 0 Å². The van der Waals surface area contributed by atoms with Crippen LogP contribution in [0, 0.1) is 13.8 Å². The first-order chi connectivity index (χ1) is 12.8. The summed E-state index contributed by atoms with van der Waals surface area (Å²) in [5.74, 6) is 1.03. The molecule has 2 rings (SSSR count). The predicted molar refractivity (Wildman–Crippen MR) is 128 cm³/mol. The summed E-state index contributed by atoms with van der Waals surface area (Å²) in [6.07, 6.45) is 3.22. The van der Waals surface area contributed by atoms with Crippen LogP contribution in [0.25, 0.3) is 0 Å². The van der Waals surface area contributed by atoms with Crippen molar-refractivity contribution in [3.63, 3.8) is 0 Å². The minimum atomic E-state index is -3.08.